The highest BCUT2D eigenvalue weighted by Crippen LogP contribution is 2.45. The van der Waals surface area contributed by atoms with Crippen molar-refractivity contribution in [3.63, 3.8) is 0 Å². The van der Waals surface area contributed by atoms with Crippen molar-refractivity contribution in [1.29, 1.82) is 5.41 Å². The second kappa shape index (κ2) is 9.75. The minimum atomic E-state index is -0.0569. The smallest absolute Gasteiger partial charge is 0.306 e. The van der Waals surface area contributed by atoms with Crippen molar-refractivity contribution in [3.8, 4) is 0 Å². The van der Waals surface area contributed by atoms with Crippen LogP contribution >= 0.6 is 0 Å². The molecule has 6 nitrogen and oxygen atoms in total. The molecule has 158 valence electrons. The van der Waals surface area contributed by atoms with Crippen LogP contribution in [0.1, 0.15) is 77.6 Å². The van der Waals surface area contributed by atoms with Crippen molar-refractivity contribution >= 4 is 17.7 Å². The van der Waals surface area contributed by atoms with Gasteiger partial charge in [-0.1, -0.05) is 0 Å². The number of hydrogen-bond acceptors (Lipinski definition) is 4. The molecule has 0 saturated heterocycles. The molecule has 0 aromatic rings. The zero-order valence-electron chi connectivity index (χ0n) is 17.3. The van der Waals surface area contributed by atoms with Crippen molar-refractivity contribution in [2.45, 2.75) is 83.6 Å². The van der Waals surface area contributed by atoms with Crippen LogP contribution in [0.5, 0.6) is 0 Å². The van der Waals surface area contributed by atoms with Crippen LogP contribution < -0.4 is 11.1 Å². The molecule has 0 heterocycles. The van der Waals surface area contributed by atoms with Gasteiger partial charge in [0.15, 0.2) is 0 Å². The van der Waals surface area contributed by atoms with Crippen LogP contribution in [0.3, 0.4) is 0 Å². The van der Waals surface area contributed by atoms with E-state index in [2.05, 4.69) is 5.32 Å². The molecule has 4 unspecified atom stereocenters. The van der Waals surface area contributed by atoms with Crippen molar-refractivity contribution < 1.29 is 14.3 Å². The van der Waals surface area contributed by atoms with Gasteiger partial charge in [0.25, 0.3) is 0 Å². The number of hydrogen-bond donors (Lipinski definition) is 3. The van der Waals surface area contributed by atoms with Gasteiger partial charge in [-0.3, -0.25) is 15.0 Å². The summed E-state index contributed by atoms with van der Waals surface area (Å²) in [6.07, 6.45) is 10.7. The third kappa shape index (κ3) is 5.48. The van der Waals surface area contributed by atoms with Gasteiger partial charge < -0.3 is 15.8 Å². The molecular formula is C22H37N3O3. The monoisotopic (exact) mass is 391 g/mol. The molecule has 0 aromatic heterocycles. The van der Waals surface area contributed by atoms with Crippen LogP contribution in [0.25, 0.3) is 0 Å². The first-order valence-corrected chi connectivity index (χ1v) is 11.3. The number of amidine groups is 1. The summed E-state index contributed by atoms with van der Waals surface area (Å²) >= 11 is 0. The molecule has 0 aliphatic heterocycles. The number of carbonyl (C=O) groups is 2. The highest BCUT2D eigenvalue weighted by molar-refractivity contribution is 5.80. The summed E-state index contributed by atoms with van der Waals surface area (Å²) in [5.74, 6) is 2.59. The van der Waals surface area contributed by atoms with Gasteiger partial charge in [0.2, 0.25) is 5.91 Å². The van der Waals surface area contributed by atoms with Gasteiger partial charge in [-0.25, -0.2) is 0 Å². The van der Waals surface area contributed by atoms with Gasteiger partial charge in [0, 0.05) is 24.3 Å². The van der Waals surface area contributed by atoms with Crippen LogP contribution in [-0.4, -0.2) is 30.4 Å². The number of carbonyl (C=O) groups excluding carboxylic acids is 2. The average molecular weight is 392 g/mol. The number of amides is 1. The molecule has 28 heavy (non-hydrogen) atoms. The Bertz CT molecular complexity index is 571. The number of nitrogens with two attached hydrogens (primary N) is 1. The molecule has 0 radical (unpaired) electrons. The average Bonchev–Trinajstić information content (AvgIpc) is 2.68. The molecule has 0 spiro atoms. The Labute approximate surface area is 168 Å². The Kier molecular flexibility index (Phi) is 7.36. The third-order valence-corrected chi connectivity index (χ3v) is 7.37. The van der Waals surface area contributed by atoms with Crippen LogP contribution in [-0.2, 0) is 14.3 Å². The van der Waals surface area contributed by atoms with Crippen LogP contribution in [0, 0.1) is 35.0 Å². The Balaban J connectivity index is 1.41. The zero-order valence-corrected chi connectivity index (χ0v) is 17.3. The highest BCUT2D eigenvalue weighted by atomic mass is 16.5. The summed E-state index contributed by atoms with van der Waals surface area (Å²) in [5.41, 5.74) is 5.61. The normalized spacial score (nSPS) is 35.5. The van der Waals surface area contributed by atoms with Crippen LogP contribution in [0.4, 0.5) is 0 Å². The van der Waals surface area contributed by atoms with E-state index in [4.69, 9.17) is 15.9 Å². The van der Waals surface area contributed by atoms with E-state index in [1.807, 2.05) is 6.92 Å². The first-order chi connectivity index (χ1) is 13.5. The SMILES string of the molecule is CCOC(=O)CC1CCC2CC(C(=O)NC3CCC(C(=N)N)CC3)CCC2C1. The van der Waals surface area contributed by atoms with Crippen molar-refractivity contribution in [2.75, 3.05) is 6.61 Å². The van der Waals surface area contributed by atoms with E-state index in [0.717, 1.165) is 64.2 Å². The van der Waals surface area contributed by atoms with Gasteiger partial charge in [0.1, 0.15) is 0 Å². The minimum absolute atomic E-state index is 0.0569. The van der Waals surface area contributed by atoms with E-state index in [-0.39, 0.29) is 29.8 Å². The fraction of sp³-hybridized carbons (Fsp3) is 0.864. The lowest BCUT2D eigenvalue weighted by atomic mass is 9.64. The molecule has 3 rings (SSSR count). The molecule has 3 fully saturated rings. The lowest BCUT2D eigenvalue weighted by molar-refractivity contribution is -0.144. The third-order valence-electron chi connectivity index (χ3n) is 7.37. The summed E-state index contributed by atoms with van der Waals surface area (Å²) in [5, 5.41) is 10.9. The van der Waals surface area contributed by atoms with Gasteiger partial charge in [-0.05, 0) is 88.9 Å². The molecular weight excluding hydrogens is 354 g/mol. The quantitative estimate of drug-likeness (QED) is 0.367. The number of fused-ring (bicyclic) bond motifs is 1. The Morgan fingerprint density at radius 3 is 2.29 bits per heavy atom. The lowest BCUT2D eigenvalue weighted by Crippen LogP contribution is -2.44. The van der Waals surface area contributed by atoms with Crippen LogP contribution in [0.2, 0.25) is 0 Å². The molecule has 3 saturated carbocycles. The number of ether oxygens (including phenoxy) is 1. The molecule has 0 aromatic carbocycles. The Morgan fingerprint density at radius 1 is 0.964 bits per heavy atom. The standard InChI is InChI=1S/C22H37N3O3/c1-2-28-20(26)12-14-3-4-17-13-18(6-5-16(17)11-14)22(27)25-19-9-7-15(8-10-19)21(23)24/h14-19H,2-13H2,1H3,(H3,23,24)(H,25,27). The predicted molar refractivity (Wildman–Crippen MR) is 109 cm³/mol. The molecule has 3 aliphatic rings. The lowest BCUT2D eigenvalue weighted by Gasteiger charge is -2.42. The maximum atomic E-state index is 12.8. The number of nitrogens with one attached hydrogen (secondary N) is 2. The Hall–Kier alpha value is -1.59. The molecule has 4 N–H and O–H groups in total. The molecule has 0 bridgehead atoms. The maximum absolute atomic E-state index is 12.8. The predicted octanol–water partition coefficient (Wildman–Crippen LogP) is 3.38. The van der Waals surface area contributed by atoms with E-state index in [9.17, 15) is 9.59 Å². The summed E-state index contributed by atoms with van der Waals surface area (Å²) in [6.45, 7) is 2.32. The fourth-order valence-corrected chi connectivity index (χ4v) is 5.73. The van der Waals surface area contributed by atoms with E-state index in [1.165, 1.54) is 0 Å². The first-order valence-electron chi connectivity index (χ1n) is 11.3. The summed E-state index contributed by atoms with van der Waals surface area (Å²) in [6, 6.07) is 0.251. The summed E-state index contributed by atoms with van der Waals surface area (Å²) in [7, 11) is 0. The minimum Gasteiger partial charge on any atom is -0.466 e. The van der Waals surface area contributed by atoms with E-state index >= 15 is 0 Å². The number of rotatable bonds is 6. The Morgan fingerprint density at radius 2 is 1.61 bits per heavy atom. The van der Waals surface area contributed by atoms with Crippen molar-refractivity contribution in [1.82, 2.24) is 5.32 Å². The van der Waals surface area contributed by atoms with E-state index < -0.39 is 0 Å². The first kappa shape index (κ1) is 21.1. The van der Waals surface area contributed by atoms with Gasteiger partial charge in [-0.15, -0.1) is 0 Å². The summed E-state index contributed by atoms with van der Waals surface area (Å²) in [4.78, 5) is 24.6. The second-order valence-corrected chi connectivity index (χ2v) is 9.23. The van der Waals surface area contributed by atoms with Crippen LogP contribution in [0.15, 0.2) is 0 Å². The highest BCUT2D eigenvalue weighted by Gasteiger charge is 2.38. The van der Waals surface area contributed by atoms with Gasteiger partial charge in [0.05, 0.1) is 12.4 Å². The number of esters is 1. The van der Waals surface area contributed by atoms with Crippen molar-refractivity contribution in [2.24, 2.45) is 35.3 Å². The van der Waals surface area contributed by atoms with Gasteiger partial charge >= 0.3 is 5.97 Å². The zero-order chi connectivity index (χ0) is 20.1. The molecule has 3 aliphatic carbocycles. The van der Waals surface area contributed by atoms with E-state index in [0.29, 0.717) is 36.6 Å². The van der Waals surface area contributed by atoms with Crippen molar-refractivity contribution in [3.05, 3.63) is 0 Å². The molecule has 6 heteroatoms. The van der Waals surface area contributed by atoms with Gasteiger partial charge in [-0.2, -0.15) is 0 Å². The largest absolute Gasteiger partial charge is 0.466 e. The maximum Gasteiger partial charge on any atom is 0.306 e. The summed E-state index contributed by atoms with van der Waals surface area (Å²) < 4.78 is 5.11. The fourth-order valence-electron chi connectivity index (χ4n) is 5.73. The molecule has 1 amide bonds. The topological polar surface area (TPSA) is 105 Å². The van der Waals surface area contributed by atoms with E-state index in [1.54, 1.807) is 0 Å². The second-order valence-electron chi connectivity index (χ2n) is 9.23. The molecule has 4 atom stereocenters.